The van der Waals surface area contributed by atoms with E-state index < -0.39 is 17.6 Å². The lowest BCUT2D eigenvalue weighted by Crippen LogP contribution is -2.40. The Kier molecular flexibility index (Phi) is 5.12. The summed E-state index contributed by atoms with van der Waals surface area (Å²) in [7, 11) is 0. The van der Waals surface area contributed by atoms with Crippen LogP contribution in [0, 0.1) is 0 Å². The van der Waals surface area contributed by atoms with Gasteiger partial charge in [0.05, 0.1) is 6.61 Å². The fourth-order valence-corrected chi connectivity index (χ4v) is 2.04. The van der Waals surface area contributed by atoms with Gasteiger partial charge < -0.3 is 15.2 Å². The number of aliphatic hydroxyl groups excluding tert-OH is 1. The predicted molar refractivity (Wildman–Crippen MR) is 85.5 cm³/mol. The number of esters is 1. The standard InChI is InChI=1S/C16H21N3O4/c1-16(2,3)23-13(21)5-4-10-6-11-8-17-12(9-20)15(22)19-14(11)18-7-10/h4-7,12,17,20H,8-9H2,1-3H3,(H,18,19,22)/b5-4+. The van der Waals surface area contributed by atoms with Gasteiger partial charge in [0.25, 0.3) is 0 Å². The molecule has 23 heavy (non-hydrogen) atoms. The van der Waals surface area contributed by atoms with Gasteiger partial charge in [0.2, 0.25) is 5.91 Å². The predicted octanol–water partition coefficient (Wildman–Crippen LogP) is 0.839. The number of hydrogen-bond acceptors (Lipinski definition) is 6. The first-order valence-corrected chi connectivity index (χ1v) is 7.33. The van der Waals surface area contributed by atoms with Gasteiger partial charge in [-0.3, -0.25) is 10.1 Å². The summed E-state index contributed by atoms with van der Waals surface area (Å²) in [4.78, 5) is 27.7. The second-order valence-corrected chi connectivity index (χ2v) is 6.25. The van der Waals surface area contributed by atoms with Crippen LogP contribution >= 0.6 is 0 Å². The quantitative estimate of drug-likeness (QED) is 0.564. The summed E-state index contributed by atoms with van der Waals surface area (Å²) >= 11 is 0. The normalized spacial score (nSPS) is 18.3. The number of carbonyl (C=O) groups excluding carboxylic acids is 2. The summed E-state index contributed by atoms with van der Waals surface area (Å²) in [6.07, 6.45) is 4.50. The number of nitrogens with zero attached hydrogens (tertiary/aromatic N) is 1. The average Bonchev–Trinajstić information content (AvgIpc) is 2.61. The molecule has 124 valence electrons. The summed E-state index contributed by atoms with van der Waals surface area (Å²) in [6.45, 7) is 5.50. The van der Waals surface area contributed by atoms with Gasteiger partial charge in [-0.05, 0) is 38.5 Å². The van der Waals surface area contributed by atoms with Crippen molar-refractivity contribution in [1.29, 1.82) is 0 Å². The van der Waals surface area contributed by atoms with E-state index in [9.17, 15) is 9.59 Å². The number of amides is 1. The highest BCUT2D eigenvalue weighted by Crippen LogP contribution is 2.18. The Hall–Kier alpha value is -2.25. The smallest absolute Gasteiger partial charge is 0.331 e. The topological polar surface area (TPSA) is 101 Å². The van der Waals surface area contributed by atoms with E-state index in [-0.39, 0.29) is 12.5 Å². The third-order valence-electron chi connectivity index (χ3n) is 3.09. The van der Waals surface area contributed by atoms with Crippen LogP contribution in [-0.4, -0.2) is 40.2 Å². The Morgan fingerprint density at radius 3 is 2.91 bits per heavy atom. The molecule has 0 saturated carbocycles. The van der Waals surface area contributed by atoms with Crippen LogP contribution in [0.2, 0.25) is 0 Å². The van der Waals surface area contributed by atoms with Gasteiger partial charge in [0, 0.05) is 24.4 Å². The third kappa shape index (κ3) is 4.87. The highest BCUT2D eigenvalue weighted by Gasteiger charge is 2.23. The molecule has 1 aromatic rings. The highest BCUT2D eigenvalue weighted by atomic mass is 16.6. The lowest BCUT2D eigenvalue weighted by Gasteiger charge is -2.17. The van der Waals surface area contributed by atoms with Crippen LogP contribution in [0.4, 0.5) is 5.82 Å². The number of anilines is 1. The number of nitrogens with one attached hydrogen (secondary N) is 2. The molecular weight excluding hydrogens is 298 g/mol. The van der Waals surface area contributed by atoms with E-state index in [2.05, 4.69) is 15.6 Å². The molecule has 1 aromatic heterocycles. The molecule has 1 aliphatic rings. The lowest BCUT2D eigenvalue weighted by molar-refractivity contribution is -0.148. The third-order valence-corrected chi connectivity index (χ3v) is 3.09. The molecule has 0 aliphatic carbocycles. The molecule has 3 N–H and O–H groups in total. The summed E-state index contributed by atoms with van der Waals surface area (Å²) < 4.78 is 5.19. The average molecular weight is 319 g/mol. The van der Waals surface area contributed by atoms with E-state index >= 15 is 0 Å². The molecule has 2 rings (SSSR count). The van der Waals surface area contributed by atoms with Gasteiger partial charge in [-0.2, -0.15) is 0 Å². The maximum absolute atomic E-state index is 11.8. The van der Waals surface area contributed by atoms with Gasteiger partial charge in [0.1, 0.15) is 17.5 Å². The minimum absolute atomic E-state index is 0.286. The van der Waals surface area contributed by atoms with Crippen LogP contribution in [0.3, 0.4) is 0 Å². The van der Waals surface area contributed by atoms with Crippen molar-refractivity contribution in [1.82, 2.24) is 10.3 Å². The number of pyridine rings is 1. The molecule has 1 amide bonds. The molecule has 2 heterocycles. The summed E-state index contributed by atoms with van der Waals surface area (Å²) in [5.74, 6) is -0.303. The zero-order chi connectivity index (χ0) is 17.0. The van der Waals surface area contributed by atoms with Crippen LogP contribution in [0.1, 0.15) is 31.9 Å². The molecule has 7 nitrogen and oxygen atoms in total. The Labute approximate surface area is 134 Å². The number of hydrogen-bond donors (Lipinski definition) is 3. The highest BCUT2D eigenvalue weighted by molar-refractivity contribution is 5.95. The lowest BCUT2D eigenvalue weighted by atomic mass is 10.1. The van der Waals surface area contributed by atoms with E-state index in [4.69, 9.17) is 9.84 Å². The van der Waals surface area contributed by atoms with Crippen molar-refractivity contribution in [2.45, 2.75) is 39.0 Å². The Morgan fingerprint density at radius 1 is 1.52 bits per heavy atom. The Balaban J connectivity index is 2.12. The van der Waals surface area contributed by atoms with Crippen LogP contribution < -0.4 is 10.6 Å². The fraction of sp³-hybridized carbons (Fsp3) is 0.438. The molecule has 7 heteroatoms. The van der Waals surface area contributed by atoms with Crippen molar-refractivity contribution < 1.29 is 19.4 Å². The zero-order valence-electron chi connectivity index (χ0n) is 13.4. The molecule has 1 unspecified atom stereocenters. The minimum atomic E-state index is -0.662. The van der Waals surface area contributed by atoms with Crippen molar-refractivity contribution in [3.8, 4) is 0 Å². The molecule has 1 aliphatic heterocycles. The van der Waals surface area contributed by atoms with Crippen molar-refractivity contribution in [3.05, 3.63) is 29.5 Å². The largest absolute Gasteiger partial charge is 0.457 e. The molecular formula is C16H21N3O4. The summed E-state index contributed by atoms with van der Waals surface area (Å²) in [6, 6.07) is 1.15. The monoisotopic (exact) mass is 319 g/mol. The van der Waals surface area contributed by atoms with E-state index in [0.29, 0.717) is 17.9 Å². The van der Waals surface area contributed by atoms with Crippen LogP contribution in [0.15, 0.2) is 18.3 Å². The first-order chi connectivity index (χ1) is 10.8. The van der Waals surface area contributed by atoms with E-state index in [0.717, 1.165) is 5.56 Å². The molecule has 0 radical (unpaired) electrons. The maximum atomic E-state index is 11.8. The molecule has 1 atom stereocenters. The van der Waals surface area contributed by atoms with Crippen molar-refractivity contribution in [2.75, 3.05) is 11.9 Å². The first-order valence-electron chi connectivity index (χ1n) is 7.33. The summed E-state index contributed by atoms with van der Waals surface area (Å²) in [5.41, 5.74) is 0.953. The minimum Gasteiger partial charge on any atom is -0.457 e. The number of aromatic nitrogens is 1. The van der Waals surface area contributed by atoms with E-state index in [1.54, 1.807) is 33.0 Å². The number of rotatable bonds is 3. The van der Waals surface area contributed by atoms with Gasteiger partial charge in [0.15, 0.2) is 0 Å². The Morgan fingerprint density at radius 2 is 2.26 bits per heavy atom. The number of fused-ring (bicyclic) bond motifs is 1. The molecule has 0 saturated heterocycles. The fourth-order valence-electron chi connectivity index (χ4n) is 2.04. The maximum Gasteiger partial charge on any atom is 0.331 e. The van der Waals surface area contributed by atoms with Gasteiger partial charge in [-0.1, -0.05) is 0 Å². The number of carbonyl (C=O) groups is 2. The van der Waals surface area contributed by atoms with Crippen molar-refractivity contribution in [2.24, 2.45) is 0 Å². The van der Waals surface area contributed by atoms with Crippen molar-refractivity contribution >= 4 is 23.8 Å². The molecule has 0 aromatic carbocycles. The molecule has 0 spiro atoms. The molecule has 0 bridgehead atoms. The SMILES string of the molecule is CC(C)(C)OC(=O)/C=C/c1cnc2c(c1)CNC(CO)C(=O)N2. The van der Waals surface area contributed by atoms with E-state index in [1.807, 2.05) is 6.07 Å². The van der Waals surface area contributed by atoms with E-state index in [1.165, 1.54) is 6.08 Å². The number of aliphatic hydroxyl groups is 1. The Bertz CT molecular complexity index is 635. The van der Waals surface area contributed by atoms with Crippen molar-refractivity contribution in [3.63, 3.8) is 0 Å². The number of ether oxygens (including phenoxy) is 1. The van der Waals surface area contributed by atoms with Crippen LogP contribution in [0.25, 0.3) is 6.08 Å². The zero-order valence-corrected chi connectivity index (χ0v) is 13.4. The van der Waals surface area contributed by atoms with Gasteiger partial charge >= 0.3 is 5.97 Å². The van der Waals surface area contributed by atoms with Gasteiger partial charge in [-0.25, -0.2) is 9.78 Å². The van der Waals surface area contributed by atoms with Crippen LogP contribution in [-0.2, 0) is 20.9 Å². The molecule has 0 fully saturated rings. The van der Waals surface area contributed by atoms with Crippen LogP contribution in [0.5, 0.6) is 0 Å². The second kappa shape index (κ2) is 6.89. The summed E-state index contributed by atoms with van der Waals surface area (Å²) in [5, 5.41) is 14.8. The second-order valence-electron chi connectivity index (χ2n) is 6.25. The first kappa shape index (κ1) is 17.1. The van der Waals surface area contributed by atoms with Gasteiger partial charge in [-0.15, -0.1) is 0 Å².